The van der Waals surface area contributed by atoms with Crippen molar-refractivity contribution in [3.8, 4) is 0 Å². The van der Waals surface area contributed by atoms with Crippen molar-refractivity contribution in [3.63, 3.8) is 0 Å². The second-order valence-electron chi connectivity index (χ2n) is 9.47. The Morgan fingerprint density at radius 3 is 2.63 bits per heavy atom. The van der Waals surface area contributed by atoms with Gasteiger partial charge in [-0.2, -0.15) is 5.10 Å². The maximum atomic E-state index is 13.1. The molecule has 1 N–H and O–H groups in total. The number of carbonyl (C=O) groups excluding carboxylic acids is 1. The van der Waals surface area contributed by atoms with Crippen LogP contribution in [0.25, 0.3) is 0 Å². The Bertz CT molecular complexity index is 911. The van der Waals surface area contributed by atoms with Gasteiger partial charge in [0.25, 0.3) is 5.91 Å². The minimum absolute atomic E-state index is 0.0479. The lowest BCUT2D eigenvalue weighted by Gasteiger charge is -2.27. The van der Waals surface area contributed by atoms with Gasteiger partial charge in [0.1, 0.15) is 0 Å². The van der Waals surface area contributed by atoms with E-state index in [9.17, 15) is 4.79 Å². The number of carbonyl (C=O) groups is 1. The first-order chi connectivity index (χ1) is 14.7. The minimum atomic E-state index is 0.0479. The van der Waals surface area contributed by atoms with Gasteiger partial charge in [-0.15, -0.1) is 0 Å². The lowest BCUT2D eigenvalue weighted by Crippen LogP contribution is -2.27. The van der Waals surface area contributed by atoms with Gasteiger partial charge in [0.05, 0.1) is 6.04 Å². The number of amides is 1. The molecule has 1 heterocycles. The second kappa shape index (κ2) is 8.74. The first-order valence-electron chi connectivity index (χ1n) is 11.9. The fourth-order valence-electron chi connectivity index (χ4n) is 5.41. The summed E-state index contributed by atoms with van der Waals surface area (Å²) in [5.41, 5.74) is 4.56. The van der Waals surface area contributed by atoms with Crippen molar-refractivity contribution in [3.05, 3.63) is 51.8 Å². The molecule has 5 rings (SSSR count). The fraction of sp³-hybridized carbons (Fsp3) is 0.600. The van der Waals surface area contributed by atoms with Gasteiger partial charge in [-0.1, -0.05) is 49.4 Å². The standard InChI is InChI=1S/C25H32ClN3O/c26-19-9-6-7-17(16-19)15-18-8-4-5-12-22-23(25(30)27-20-13-14-20)28-29(24(18)22)21-10-2-1-3-11-21/h6-7,9,16,18,20-21H,1-5,8,10-15H2,(H,27,30). The molecule has 2 saturated carbocycles. The van der Waals surface area contributed by atoms with E-state index in [0.29, 0.717) is 23.7 Å². The van der Waals surface area contributed by atoms with Crippen LogP contribution in [0.3, 0.4) is 0 Å². The average Bonchev–Trinajstić information content (AvgIpc) is 3.52. The van der Waals surface area contributed by atoms with E-state index >= 15 is 0 Å². The molecule has 1 atom stereocenters. The topological polar surface area (TPSA) is 46.9 Å². The zero-order chi connectivity index (χ0) is 20.5. The molecule has 5 heteroatoms. The Labute approximate surface area is 184 Å². The SMILES string of the molecule is O=C(NC1CC1)c1nn(C2CCCCC2)c2c1CCCCC2Cc1cccc(Cl)c1. The lowest BCUT2D eigenvalue weighted by molar-refractivity contribution is 0.0943. The number of nitrogens with zero attached hydrogens (tertiary/aromatic N) is 2. The molecule has 0 bridgehead atoms. The molecule has 2 aromatic rings. The normalized spacial score (nSPS) is 22.4. The molecule has 0 radical (unpaired) electrons. The third-order valence-electron chi connectivity index (χ3n) is 7.08. The van der Waals surface area contributed by atoms with Gasteiger partial charge in [0, 0.05) is 28.2 Å². The maximum absolute atomic E-state index is 13.1. The Kier molecular flexibility index (Phi) is 5.86. The molecule has 0 aliphatic heterocycles. The van der Waals surface area contributed by atoms with Crippen LogP contribution in [0.4, 0.5) is 0 Å². The molecular formula is C25H32ClN3O. The number of fused-ring (bicyclic) bond motifs is 1. The molecule has 30 heavy (non-hydrogen) atoms. The first-order valence-corrected chi connectivity index (χ1v) is 12.2. The van der Waals surface area contributed by atoms with Crippen LogP contribution in [0.1, 0.15) is 103 Å². The highest BCUT2D eigenvalue weighted by Gasteiger charge is 2.34. The van der Waals surface area contributed by atoms with Crippen LogP contribution in [-0.4, -0.2) is 21.7 Å². The average molecular weight is 426 g/mol. The Morgan fingerprint density at radius 1 is 1.07 bits per heavy atom. The number of hydrogen-bond acceptors (Lipinski definition) is 2. The molecular weight excluding hydrogens is 394 g/mol. The number of nitrogens with one attached hydrogen (secondary N) is 1. The molecule has 3 aliphatic carbocycles. The van der Waals surface area contributed by atoms with E-state index < -0.39 is 0 Å². The van der Waals surface area contributed by atoms with E-state index in [2.05, 4.69) is 22.1 Å². The fourth-order valence-corrected chi connectivity index (χ4v) is 5.62. The summed E-state index contributed by atoms with van der Waals surface area (Å²) in [6, 6.07) is 9.06. The van der Waals surface area contributed by atoms with Crippen LogP contribution < -0.4 is 5.32 Å². The van der Waals surface area contributed by atoms with Crippen molar-refractivity contribution in [1.29, 1.82) is 0 Å². The van der Waals surface area contributed by atoms with Crippen molar-refractivity contribution in [2.45, 2.75) is 95.1 Å². The molecule has 1 amide bonds. The van der Waals surface area contributed by atoms with Gasteiger partial charge in [-0.25, -0.2) is 0 Å². The minimum Gasteiger partial charge on any atom is -0.348 e. The predicted molar refractivity (Wildman–Crippen MR) is 120 cm³/mol. The largest absolute Gasteiger partial charge is 0.348 e. The number of hydrogen-bond donors (Lipinski definition) is 1. The molecule has 160 valence electrons. The molecule has 1 unspecified atom stereocenters. The summed E-state index contributed by atoms with van der Waals surface area (Å²) in [6.45, 7) is 0. The molecule has 0 spiro atoms. The van der Waals surface area contributed by atoms with Crippen LogP contribution in [-0.2, 0) is 12.8 Å². The quantitative estimate of drug-likeness (QED) is 0.598. The zero-order valence-corrected chi connectivity index (χ0v) is 18.5. The summed E-state index contributed by atoms with van der Waals surface area (Å²) >= 11 is 6.28. The summed E-state index contributed by atoms with van der Waals surface area (Å²) < 4.78 is 2.30. The van der Waals surface area contributed by atoms with Crippen LogP contribution in [0.5, 0.6) is 0 Å². The zero-order valence-electron chi connectivity index (χ0n) is 17.7. The first kappa shape index (κ1) is 20.1. The highest BCUT2D eigenvalue weighted by molar-refractivity contribution is 6.30. The maximum Gasteiger partial charge on any atom is 0.272 e. The third-order valence-corrected chi connectivity index (χ3v) is 7.32. The van der Waals surface area contributed by atoms with Gasteiger partial charge < -0.3 is 5.32 Å². The molecule has 0 saturated heterocycles. The van der Waals surface area contributed by atoms with E-state index in [0.717, 1.165) is 43.5 Å². The van der Waals surface area contributed by atoms with Gasteiger partial charge in [-0.05, 0) is 69.1 Å². The third kappa shape index (κ3) is 4.30. The van der Waals surface area contributed by atoms with Crippen LogP contribution in [0.2, 0.25) is 5.02 Å². The monoisotopic (exact) mass is 425 g/mol. The highest BCUT2D eigenvalue weighted by Crippen LogP contribution is 2.39. The lowest BCUT2D eigenvalue weighted by atomic mass is 9.89. The van der Waals surface area contributed by atoms with E-state index in [-0.39, 0.29) is 5.91 Å². The second-order valence-corrected chi connectivity index (χ2v) is 9.91. The summed E-state index contributed by atoms with van der Waals surface area (Å²) in [6.07, 6.45) is 13.9. The number of rotatable bonds is 5. The van der Waals surface area contributed by atoms with Crippen molar-refractivity contribution >= 4 is 17.5 Å². The van der Waals surface area contributed by atoms with E-state index in [1.165, 1.54) is 55.3 Å². The number of aromatic nitrogens is 2. The summed E-state index contributed by atoms with van der Waals surface area (Å²) in [5.74, 6) is 0.449. The van der Waals surface area contributed by atoms with Gasteiger partial charge >= 0.3 is 0 Å². The predicted octanol–water partition coefficient (Wildman–Crippen LogP) is 5.99. The Balaban J connectivity index is 1.54. The molecule has 1 aromatic carbocycles. The van der Waals surface area contributed by atoms with E-state index in [4.69, 9.17) is 16.7 Å². The van der Waals surface area contributed by atoms with Crippen molar-refractivity contribution in [1.82, 2.24) is 15.1 Å². The van der Waals surface area contributed by atoms with Gasteiger partial charge in [0.2, 0.25) is 0 Å². The Hall–Kier alpha value is -1.81. The molecule has 1 aromatic heterocycles. The molecule has 2 fully saturated rings. The summed E-state index contributed by atoms with van der Waals surface area (Å²) in [4.78, 5) is 13.1. The number of benzene rings is 1. The van der Waals surface area contributed by atoms with Crippen molar-refractivity contribution in [2.75, 3.05) is 0 Å². The van der Waals surface area contributed by atoms with Gasteiger partial charge in [0.15, 0.2) is 5.69 Å². The van der Waals surface area contributed by atoms with Crippen LogP contribution in [0.15, 0.2) is 24.3 Å². The van der Waals surface area contributed by atoms with Crippen LogP contribution in [0, 0.1) is 0 Å². The van der Waals surface area contributed by atoms with Gasteiger partial charge in [-0.3, -0.25) is 9.48 Å². The molecule has 3 aliphatic rings. The van der Waals surface area contributed by atoms with E-state index in [1.807, 2.05) is 12.1 Å². The van der Waals surface area contributed by atoms with Crippen molar-refractivity contribution in [2.24, 2.45) is 0 Å². The smallest absolute Gasteiger partial charge is 0.272 e. The summed E-state index contributed by atoms with van der Waals surface area (Å²) in [7, 11) is 0. The van der Waals surface area contributed by atoms with Crippen molar-refractivity contribution < 1.29 is 4.79 Å². The highest BCUT2D eigenvalue weighted by atomic mass is 35.5. The van der Waals surface area contributed by atoms with Crippen LogP contribution >= 0.6 is 11.6 Å². The molecule has 4 nitrogen and oxygen atoms in total. The summed E-state index contributed by atoms with van der Waals surface area (Å²) in [5, 5.41) is 9.02. The Morgan fingerprint density at radius 2 is 1.87 bits per heavy atom. The van der Waals surface area contributed by atoms with E-state index in [1.54, 1.807) is 0 Å². The number of halogens is 1.